The van der Waals surface area contributed by atoms with E-state index in [0.29, 0.717) is 5.56 Å². The van der Waals surface area contributed by atoms with E-state index in [1.54, 1.807) is 26.0 Å². The van der Waals surface area contributed by atoms with Crippen molar-refractivity contribution < 1.29 is 13.5 Å². The van der Waals surface area contributed by atoms with Crippen molar-refractivity contribution in [2.24, 2.45) is 0 Å². The van der Waals surface area contributed by atoms with Crippen LogP contribution in [0.25, 0.3) is 11.1 Å². The van der Waals surface area contributed by atoms with Crippen molar-refractivity contribution in [3.63, 3.8) is 0 Å². The summed E-state index contributed by atoms with van der Waals surface area (Å²) in [5, 5.41) is 10.6. The predicted octanol–water partition coefficient (Wildman–Crippen LogP) is 4.32. The Bertz CT molecular complexity index is 742. The Balaban J connectivity index is 2.35. The molecule has 0 amide bonds. The van der Waals surface area contributed by atoms with Gasteiger partial charge in [0, 0.05) is 5.75 Å². The van der Waals surface area contributed by atoms with Crippen molar-refractivity contribution in [2.75, 3.05) is 5.75 Å². The third-order valence-corrected chi connectivity index (χ3v) is 8.90. The number of sulfone groups is 1. The standard InChI is InChI=1S/C18H21BrO3S/c1-3-18(19,23(21,22)4-2)17(20)16-12-10-15(11-13-16)14-8-6-5-7-9-14/h5-13,17,20H,3-4H2,1-2H3/t17-,18-/m0/s1. The third kappa shape index (κ3) is 3.52. The van der Waals surface area contributed by atoms with Gasteiger partial charge >= 0.3 is 0 Å². The molecular weight excluding hydrogens is 376 g/mol. The molecule has 0 radical (unpaired) electrons. The van der Waals surface area contributed by atoms with Gasteiger partial charge in [-0.3, -0.25) is 0 Å². The van der Waals surface area contributed by atoms with Crippen LogP contribution in [0.1, 0.15) is 31.9 Å². The minimum atomic E-state index is -3.45. The van der Waals surface area contributed by atoms with Crippen LogP contribution in [0, 0.1) is 0 Å². The van der Waals surface area contributed by atoms with E-state index >= 15 is 0 Å². The first-order valence-electron chi connectivity index (χ1n) is 7.60. The van der Waals surface area contributed by atoms with E-state index in [0.717, 1.165) is 11.1 Å². The summed E-state index contributed by atoms with van der Waals surface area (Å²) in [5.74, 6) is -0.0226. The van der Waals surface area contributed by atoms with Crippen LogP contribution in [-0.4, -0.2) is 22.9 Å². The lowest BCUT2D eigenvalue weighted by Gasteiger charge is -2.31. The maximum absolute atomic E-state index is 12.3. The SMILES string of the molecule is CC[C@@](Br)([C@@H](O)c1ccc(-c2ccccc2)cc1)S(=O)(=O)CC. The Morgan fingerprint density at radius 3 is 2.00 bits per heavy atom. The predicted molar refractivity (Wildman–Crippen MR) is 98.2 cm³/mol. The zero-order chi connectivity index (χ0) is 17.1. The average molecular weight is 397 g/mol. The van der Waals surface area contributed by atoms with Gasteiger partial charge in [0.2, 0.25) is 0 Å². The van der Waals surface area contributed by atoms with Gasteiger partial charge in [-0.25, -0.2) is 8.42 Å². The summed E-state index contributed by atoms with van der Waals surface area (Å²) >= 11 is 3.29. The molecule has 0 heterocycles. The zero-order valence-electron chi connectivity index (χ0n) is 13.2. The van der Waals surface area contributed by atoms with Crippen molar-refractivity contribution in [1.82, 2.24) is 0 Å². The van der Waals surface area contributed by atoms with Gasteiger partial charge in [0.15, 0.2) is 13.5 Å². The van der Waals surface area contributed by atoms with E-state index < -0.39 is 19.6 Å². The molecule has 0 aliphatic rings. The highest BCUT2D eigenvalue weighted by Gasteiger charge is 2.45. The molecule has 0 spiro atoms. The van der Waals surface area contributed by atoms with Crippen molar-refractivity contribution in [3.05, 3.63) is 60.2 Å². The van der Waals surface area contributed by atoms with E-state index in [9.17, 15) is 13.5 Å². The highest BCUT2D eigenvalue weighted by Crippen LogP contribution is 2.42. The van der Waals surface area contributed by atoms with E-state index in [-0.39, 0.29) is 12.2 Å². The van der Waals surface area contributed by atoms with Gasteiger partial charge in [-0.15, -0.1) is 0 Å². The zero-order valence-corrected chi connectivity index (χ0v) is 15.6. The Morgan fingerprint density at radius 2 is 1.52 bits per heavy atom. The normalized spacial score (nSPS) is 15.8. The van der Waals surface area contributed by atoms with Gasteiger partial charge in [-0.1, -0.05) is 84.4 Å². The van der Waals surface area contributed by atoms with Crippen molar-refractivity contribution in [3.8, 4) is 11.1 Å². The quantitative estimate of drug-likeness (QED) is 0.739. The van der Waals surface area contributed by atoms with Crippen molar-refractivity contribution in [2.45, 2.75) is 30.0 Å². The second-order valence-corrected chi connectivity index (χ2v) is 9.91. The minimum Gasteiger partial charge on any atom is -0.386 e. The summed E-state index contributed by atoms with van der Waals surface area (Å²) < 4.78 is 23.3. The van der Waals surface area contributed by atoms with Crippen LogP contribution in [0.5, 0.6) is 0 Å². The second-order valence-electron chi connectivity index (χ2n) is 5.43. The molecule has 2 rings (SSSR count). The Kier molecular flexibility index (Phi) is 5.65. The lowest BCUT2D eigenvalue weighted by atomic mass is 10.00. The van der Waals surface area contributed by atoms with Crippen molar-refractivity contribution >= 4 is 25.8 Å². The van der Waals surface area contributed by atoms with Crippen LogP contribution >= 0.6 is 15.9 Å². The summed E-state index contributed by atoms with van der Waals surface area (Å²) in [7, 11) is -3.45. The van der Waals surface area contributed by atoms with Gasteiger partial charge in [0.05, 0.1) is 0 Å². The Labute approximate surface area is 146 Å². The summed E-state index contributed by atoms with van der Waals surface area (Å²) in [5.41, 5.74) is 2.69. The molecule has 2 atom stereocenters. The summed E-state index contributed by atoms with van der Waals surface area (Å²) in [6.45, 7) is 3.34. The largest absolute Gasteiger partial charge is 0.386 e. The number of halogens is 1. The minimum absolute atomic E-state index is 0.0226. The molecule has 1 N–H and O–H groups in total. The Hall–Kier alpha value is -1.17. The van der Waals surface area contributed by atoms with Crippen LogP contribution in [0.4, 0.5) is 0 Å². The summed E-state index contributed by atoms with van der Waals surface area (Å²) in [6, 6.07) is 17.3. The molecule has 5 heteroatoms. The molecule has 0 aliphatic heterocycles. The van der Waals surface area contributed by atoms with Gasteiger partial charge in [0.1, 0.15) is 6.10 Å². The monoisotopic (exact) mass is 396 g/mol. The van der Waals surface area contributed by atoms with E-state index in [4.69, 9.17) is 0 Å². The summed E-state index contributed by atoms with van der Waals surface area (Å²) in [6.07, 6.45) is -0.840. The number of rotatable bonds is 6. The summed E-state index contributed by atoms with van der Waals surface area (Å²) in [4.78, 5) is 0. The molecule has 3 nitrogen and oxygen atoms in total. The number of hydrogen-bond donors (Lipinski definition) is 1. The highest BCUT2D eigenvalue weighted by atomic mass is 79.9. The van der Waals surface area contributed by atoms with Crippen LogP contribution in [-0.2, 0) is 9.84 Å². The van der Waals surface area contributed by atoms with Crippen LogP contribution in [0.2, 0.25) is 0 Å². The van der Waals surface area contributed by atoms with Crippen LogP contribution in [0.3, 0.4) is 0 Å². The molecular formula is C18H21BrO3S. The molecule has 0 aliphatic carbocycles. The molecule has 2 aromatic carbocycles. The smallest absolute Gasteiger partial charge is 0.168 e. The number of aliphatic hydroxyl groups excluding tert-OH is 1. The molecule has 0 fully saturated rings. The first kappa shape index (κ1) is 18.2. The molecule has 124 valence electrons. The van der Waals surface area contributed by atoms with E-state index in [1.807, 2.05) is 42.5 Å². The molecule has 0 saturated heterocycles. The maximum atomic E-state index is 12.3. The maximum Gasteiger partial charge on any atom is 0.168 e. The Morgan fingerprint density at radius 1 is 1.00 bits per heavy atom. The fourth-order valence-electron chi connectivity index (χ4n) is 2.56. The molecule has 0 bridgehead atoms. The van der Waals surface area contributed by atoms with E-state index in [2.05, 4.69) is 15.9 Å². The fourth-order valence-corrected chi connectivity index (χ4v) is 4.91. The first-order chi connectivity index (χ1) is 10.9. The number of hydrogen-bond acceptors (Lipinski definition) is 3. The van der Waals surface area contributed by atoms with Crippen LogP contribution < -0.4 is 0 Å². The number of alkyl halides is 1. The third-order valence-electron chi connectivity index (χ3n) is 4.12. The molecule has 23 heavy (non-hydrogen) atoms. The number of aliphatic hydroxyl groups is 1. The van der Waals surface area contributed by atoms with Gasteiger partial charge in [-0.2, -0.15) is 0 Å². The second kappa shape index (κ2) is 7.16. The molecule has 0 aromatic heterocycles. The molecule has 0 unspecified atom stereocenters. The van der Waals surface area contributed by atoms with Gasteiger partial charge in [0.25, 0.3) is 0 Å². The number of benzene rings is 2. The average Bonchev–Trinajstić information content (AvgIpc) is 2.61. The van der Waals surface area contributed by atoms with Gasteiger partial charge < -0.3 is 5.11 Å². The van der Waals surface area contributed by atoms with Crippen LogP contribution in [0.15, 0.2) is 54.6 Å². The lowest BCUT2D eigenvalue weighted by Crippen LogP contribution is -2.39. The lowest BCUT2D eigenvalue weighted by molar-refractivity contribution is 0.160. The van der Waals surface area contributed by atoms with Gasteiger partial charge in [-0.05, 0) is 23.1 Å². The topological polar surface area (TPSA) is 54.4 Å². The van der Waals surface area contributed by atoms with E-state index in [1.165, 1.54) is 0 Å². The molecule has 2 aromatic rings. The molecule has 0 saturated carbocycles. The fraction of sp³-hybridized carbons (Fsp3) is 0.333. The van der Waals surface area contributed by atoms with Crippen molar-refractivity contribution in [1.29, 1.82) is 0 Å². The highest BCUT2D eigenvalue weighted by molar-refractivity contribution is 9.11. The first-order valence-corrected chi connectivity index (χ1v) is 10.0.